The average molecular weight is 372 g/mol. The number of fused-ring (bicyclic) bond motifs is 1. The zero-order chi connectivity index (χ0) is 14.3. The first kappa shape index (κ1) is 13.5. The van der Waals surface area contributed by atoms with Gasteiger partial charge in [-0.2, -0.15) is 4.98 Å². The van der Waals surface area contributed by atoms with E-state index in [-0.39, 0.29) is 0 Å². The van der Waals surface area contributed by atoms with Crippen LogP contribution in [0.1, 0.15) is 0 Å². The summed E-state index contributed by atoms with van der Waals surface area (Å²) in [6.07, 6.45) is 1.42. The van der Waals surface area contributed by atoms with Crippen LogP contribution in [0.3, 0.4) is 0 Å². The molecule has 0 bridgehead atoms. The van der Waals surface area contributed by atoms with Crippen LogP contribution in [0, 0.1) is 4.77 Å². The first-order valence-electron chi connectivity index (χ1n) is 5.57. The third-order valence-corrected chi connectivity index (χ3v) is 3.86. The second-order valence-electron chi connectivity index (χ2n) is 3.94. The fraction of sp³-hybridized carbons (Fsp3) is 0.0833. The van der Waals surface area contributed by atoms with Gasteiger partial charge in [0.25, 0.3) is 0 Å². The van der Waals surface area contributed by atoms with E-state index >= 15 is 0 Å². The number of hydrogen-bond acceptors (Lipinski definition) is 4. The topological polar surface area (TPSA) is 55.7 Å². The summed E-state index contributed by atoms with van der Waals surface area (Å²) in [5.74, 6) is 0.438. The maximum absolute atomic E-state index is 6.28. The van der Waals surface area contributed by atoms with Gasteiger partial charge in [0.05, 0.1) is 17.8 Å². The maximum Gasteiger partial charge on any atom is 0.242 e. The molecular formula is C12H8BrClN4OS. The van der Waals surface area contributed by atoms with Crippen molar-refractivity contribution in [2.75, 3.05) is 7.11 Å². The number of rotatable bonds is 2. The van der Waals surface area contributed by atoms with Crippen molar-refractivity contribution in [3.8, 4) is 11.6 Å². The van der Waals surface area contributed by atoms with Gasteiger partial charge in [-0.3, -0.25) is 4.57 Å². The van der Waals surface area contributed by atoms with Crippen molar-refractivity contribution in [3.05, 3.63) is 38.8 Å². The molecule has 1 N–H and O–H groups in total. The molecule has 0 spiro atoms. The molecule has 2 aromatic heterocycles. The number of halogens is 2. The third-order valence-electron chi connectivity index (χ3n) is 2.78. The fourth-order valence-electron chi connectivity index (χ4n) is 1.94. The van der Waals surface area contributed by atoms with Crippen molar-refractivity contribution in [1.82, 2.24) is 19.5 Å². The molecule has 0 saturated heterocycles. The Balaban J connectivity index is 2.37. The number of aromatic nitrogens is 4. The van der Waals surface area contributed by atoms with Gasteiger partial charge >= 0.3 is 0 Å². The fourth-order valence-corrected chi connectivity index (χ4v) is 2.98. The van der Waals surface area contributed by atoms with Crippen LogP contribution in [-0.4, -0.2) is 26.6 Å². The molecule has 0 saturated carbocycles. The maximum atomic E-state index is 6.28. The number of nitrogens with zero attached hydrogens (tertiary/aromatic N) is 3. The number of H-pyrrole nitrogens is 1. The van der Waals surface area contributed by atoms with Crippen LogP contribution in [0.2, 0.25) is 5.02 Å². The standard InChI is InChI=1S/C12H8BrClN4OS/c1-19-11-9-10(15-5-16-11)18(12(20)17-9)8-3-2-6(13)4-7(8)14/h2-5H,1H3,(H,17,20). The second kappa shape index (κ2) is 5.16. The van der Waals surface area contributed by atoms with Gasteiger partial charge < -0.3 is 9.72 Å². The molecule has 0 atom stereocenters. The van der Waals surface area contributed by atoms with Gasteiger partial charge in [-0.15, -0.1) is 0 Å². The highest BCUT2D eigenvalue weighted by Gasteiger charge is 2.14. The van der Waals surface area contributed by atoms with Gasteiger partial charge in [-0.05, 0) is 30.4 Å². The normalized spacial score (nSPS) is 10.9. The summed E-state index contributed by atoms with van der Waals surface area (Å²) in [6, 6.07) is 5.56. The van der Waals surface area contributed by atoms with E-state index in [9.17, 15) is 0 Å². The van der Waals surface area contributed by atoms with Gasteiger partial charge in [-0.1, -0.05) is 27.5 Å². The molecule has 102 valence electrons. The van der Waals surface area contributed by atoms with Crippen molar-refractivity contribution in [2.24, 2.45) is 0 Å². The zero-order valence-electron chi connectivity index (χ0n) is 10.2. The van der Waals surface area contributed by atoms with Crippen LogP contribution in [0.4, 0.5) is 0 Å². The SMILES string of the molecule is COc1ncnc2c1[nH]c(=S)n2-c1ccc(Br)cc1Cl. The monoisotopic (exact) mass is 370 g/mol. The molecule has 3 aromatic rings. The van der Waals surface area contributed by atoms with Gasteiger partial charge in [-0.25, -0.2) is 4.98 Å². The summed E-state index contributed by atoms with van der Waals surface area (Å²) in [6.45, 7) is 0. The Hall–Kier alpha value is -1.44. The Labute approximate surface area is 132 Å². The molecule has 1 aromatic carbocycles. The lowest BCUT2D eigenvalue weighted by molar-refractivity contribution is 0.401. The van der Waals surface area contributed by atoms with Crippen molar-refractivity contribution < 1.29 is 4.74 Å². The largest absolute Gasteiger partial charge is 0.479 e. The van der Waals surface area contributed by atoms with Crippen LogP contribution in [0.5, 0.6) is 5.88 Å². The van der Waals surface area contributed by atoms with Gasteiger partial charge in [0.2, 0.25) is 5.88 Å². The number of ether oxygens (including phenoxy) is 1. The minimum atomic E-state index is 0.438. The highest BCUT2D eigenvalue weighted by atomic mass is 79.9. The van der Waals surface area contributed by atoms with Crippen LogP contribution >= 0.6 is 39.7 Å². The molecule has 5 nitrogen and oxygen atoms in total. The number of methoxy groups -OCH3 is 1. The Kier molecular flexibility index (Phi) is 3.49. The number of nitrogens with one attached hydrogen (secondary N) is 1. The summed E-state index contributed by atoms with van der Waals surface area (Å²) in [4.78, 5) is 11.3. The van der Waals surface area contributed by atoms with Gasteiger partial charge in [0.1, 0.15) is 11.8 Å². The minimum Gasteiger partial charge on any atom is -0.479 e. The van der Waals surface area contributed by atoms with E-state index in [1.807, 2.05) is 12.1 Å². The van der Waals surface area contributed by atoms with Crippen LogP contribution in [0.15, 0.2) is 29.0 Å². The average Bonchev–Trinajstić information content (AvgIpc) is 2.75. The van der Waals surface area contributed by atoms with E-state index in [1.54, 1.807) is 17.7 Å². The summed E-state index contributed by atoms with van der Waals surface area (Å²) < 4.78 is 8.32. The summed E-state index contributed by atoms with van der Waals surface area (Å²) in [5.41, 5.74) is 2.00. The van der Waals surface area contributed by atoms with Crippen molar-refractivity contribution in [1.29, 1.82) is 0 Å². The molecule has 0 aliphatic rings. The van der Waals surface area contributed by atoms with Crippen LogP contribution < -0.4 is 4.74 Å². The van der Waals surface area contributed by atoms with E-state index in [2.05, 4.69) is 30.9 Å². The number of hydrogen-bond donors (Lipinski definition) is 1. The second-order valence-corrected chi connectivity index (χ2v) is 5.65. The minimum absolute atomic E-state index is 0.438. The van der Waals surface area contributed by atoms with E-state index in [1.165, 1.54) is 6.33 Å². The quantitative estimate of drug-likeness (QED) is 0.694. The lowest BCUT2D eigenvalue weighted by Crippen LogP contribution is -1.97. The number of benzene rings is 1. The van der Waals surface area contributed by atoms with Crippen molar-refractivity contribution in [2.45, 2.75) is 0 Å². The van der Waals surface area contributed by atoms with E-state index in [0.29, 0.717) is 26.8 Å². The van der Waals surface area contributed by atoms with Crippen molar-refractivity contribution >= 4 is 50.9 Å². The van der Waals surface area contributed by atoms with Crippen molar-refractivity contribution in [3.63, 3.8) is 0 Å². The third kappa shape index (κ3) is 2.11. The first-order chi connectivity index (χ1) is 9.61. The van der Waals surface area contributed by atoms with E-state index in [0.717, 1.165) is 10.2 Å². The van der Waals surface area contributed by atoms with E-state index < -0.39 is 0 Å². The summed E-state index contributed by atoms with van der Waals surface area (Å²) in [5, 5.41) is 0.564. The molecule has 3 rings (SSSR count). The Morgan fingerprint density at radius 2 is 2.20 bits per heavy atom. The Morgan fingerprint density at radius 3 is 2.90 bits per heavy atom. The predicted octanol–water partition coefficient (Wildman–Crippen LogP) is 3.90. The zero-order valence-corrected chi connectivity index (χ0v) is 13.4. The summed E-state index contributed by atoms with van der Waals surface area (Å²) >= 11 is 15.0. The number of aromatic amines is 1. The molecule has 0 unspecified atom stereocenters. The molecule has 2 heterocycles. The predicted molar refractivity (Wildman–Crippen MR) is 83.3 cm³/mol. The highest BCUT2D eigenvalue weighted by Crippen LogP contribution is 2.29. The van der Waals surface area contributed by atoms with E-state index in [4.69, 9.17) is 28.6 Å². The lowest BCUT2D eigenvalue weighted by atomic mass is 10.3. The molecule has 0 radical (unpaired) electrons. The highest BCUT2D eigenvalue weighted by molar-refractivity contribution is 9.10. The van der Waals surface area contributed by atoms with Crippen LogP contribution in [-0.2, 0) is 0 Å². The molecule has 0 aliphatic heterocycles. The number of imidazole rings is 1. The van der Waals surface area contributed by atoms with Crippen LogP contribution in [0.25, 0.3) is 16.9 Å². The Morgan fingerprint density at radius 1 is 1.40 bits per heavy atom. The smallest absolute Gasteiger partial charge is 0.242 e. The lowest BCUT2D eigenvalue weighted by Gasteiger charge is -2.07. The molecule has 8 heteroatoms. The molecule has 20 heavy (non-hydrogen) atoms. The molecular weight excluding hydrogens is 364 g/mol. The summed E-state index contributed by atoms with van der Waals surface area (Å²) in [7, 11) is 1.54. The molecule has 0 aliphatic carbocycles. The first-order valence-corrected chi connectivity index (χ1v) is 7.15. The molecule has 0 fully saturated rings. The molecule has 0 amide bonds. The van der Waals surface area contributed by atoms with Gasteiger partial charge in [0, 0.05) is 4.47 Å². The van der Waals surface area contributed by atoms with Gasteiger partial charge in [0.15, 0.2) is 10.4 Å². The Bertz CT molecular complexity index is 860.